The number of ether oxygens (including phenoxy) is 1. The molecule has 2 aromatic rings. The summed E-state index contributed by atoms with van der Waals surface area (Å²) < 4.78 is 6.02. The molecule has 0 spiro atoms. The molecule has 1 amide bonds. The lowest BCUT2D eigenvalue weighted by molar-refractivity contribution is -0.122. The highest BCUT2D eigenvalue weighted by Crippen LogP contribution is 2.39. The lowest BCUT2D eigenvalue weighted by atomic mass is 10.0. The van der Waals surface area contributed by atoms with Gasteiger partial charge in [0, 0.05) is 5.02 Å². The van der Waals surface area contributed by atoms with Gasteiger partial charge in [0.2, 0.25) is 0 Å². The Labute approximate surface area is 240 Å². The van der Waals surface area contributed by atoms with Crippen molar-refractivity contribution in [2.75, 3.05) is 5.32 Å². The maximum atomic E-state index is 12.9. The van der Waals surface area contributed by atoms with Crippen LogP contribution in [0.15, 0.2) is 30.3 Å². The molecular formula is C32H47Cl2NO3. The zero-order chi connectivity index (χ0) is 27.8. The van der Waals surface area contributed by atoms with Crippen LogP contribution >= 0.6 is 23.2 Å². The molecule has 0 saturated carbocycles. The van der Waals surface area contributed by atoms with Gasteiger partial charge in [-0.05, 0) is 55.5 Å². The van der Waals surface area contributed by atoms with E-state index in [0.717, 1.165) is 12.8 Å². The molecular weight excluding hydrogens is 517 g/mol. The highest BCUT2D eigenvalue weighted by Gasteiger charge is 2.22. The summed E-state index contributed by atoms with van der Waals surface area (Å²) in [4.78, 5) is 12.9. The Morgan fingerprint density at radius 1 is 0.895 bits per heavy atom. The lowest BCUT2D eigenvalue weighted by Gasteiger charge is -2.19. The van der Waals surface area contributed by atoms with Crippen LogP contribution in [0.2, 0.25) is 10.0 Å². The van der Waals surface area contributed by atoms with E-state index in [0.29, 0.717) is 22.8 Å². The molecule has 0 aromatic heterocycles. The van der Waals surface area contributed by atoms with Crippen molar-refractivity contribution in [3.05, 3.63) is 51.5 Å². The number of hydrogen-bond acceptors (Lipinski definition) is 3. The van der Waals surface area contributed by atoms with Crippen molar-refractivity contribution < 1.29 is 14.6 Å². The van der Waals surface area contributed by atoms with Gasteiger partial charge in [0.15, 0.2) is 11.9 Å². The van der Waals surface area contributed by atoms with Crippen LogP contribution in [0.25, 0.3) is 0 Å². The molecule has 0 bridgehead atoms. The van der Waals surface area contributed by atoms with Gasteiger partial charge in [-0.3, -0.25) is 4.79 Å². The smallest absolute Gasteiger partial charge is 0.265 e. The molecule has 0 fully saturated rings. The second-order valence-corrected chi connectivity index (χ2v) is 11.1. The van der Waals surface area contributed by atoms with Crippen LogP contribution < -0.4 is 10.1 Å². The minimum absolute atomic E-state index is 0.127. The number of unbranched alkanes of at least 4 members (excludes halogenated alkanes) is 12. The maximum absolute atomic E-state index is 12.9. The van der Waals surface area contributed by atoms with E-state index < -0.39 is 6.10 Å². The molecule has 1 atom stereocenters. The number of phenolic OH excluding ortho intramolecular Hbond substituents is 1. The summed E-state index contributed by atoms with van der Waals surface area (Å²) in [7, 11) is 0. The molecule has 2 aromatic carbocycles. The van der Waals surface area contributed by atoms with Crippen LogP contribution in [0.3, 0.4) is 0 Å². The first-order chi connectivity index (χ1) is 18.4. The number of anilines is 1. The van der Waals surface area contributed by atoms with E-state index in [1.165, 1.54) is 88.7 Å². The highest BCUT2D eigenvalue weighted by molar-refractivity contribution is 6.37. The Bertz CT molecular complexity index is 979. The first-order valence-corrected chi connectivity index (χ1v) is 15.4. The highest BCUT2D eigenvalue weighted by atomic mass is 35.5. The minimum Gasteiger partial charge on any atom is -0.504 e. The van der Waals surface area contributed by atoms with Crippen LogP contribution in [0.4, 0.5) is 5.69 Å². The van der Waals surface area contributed by atoms with Gasteiger partial charge in [0.05, 0.1) is 10.7 Å². The standard InChI is InChI=1S/C32H47Cl2NO3/c1-4-6-7-8-9-10-11-12-13-14-15-16-17-19-25-20-18-21-26(22-25)38-29(5-2)32(37)35-28-23-27(33)24(3)30(34)31(28)36/h18,20-23,29,36H,4-17,19H2,1-3H3,(H,35,37). The summed E-state index contributed by atoms with van der Waals surface area (Å²) in [6, 6.07) is 9.48. The number of carbonyl (C=O) groups is 1. The second-order valence-electron chi connectivity index (χ2n) is 10.3. The topological polar surface area (TPSA) is 58.6 Å². The van der Waals surface area contributed by atoms with Crippen molar-refractivity contribution in [1.82, 2.24) is 0 Å². The molecule has 1 unspecified atom stereocenters. The number of amides is 1. The third kappa shape index (κ3) is 11.5. The lowest BCUT2D eigenvalue weighted by Crippen LogP contribution is -2.32. The number of aromatic hydroxyl groups is 1. The van der Waals surface area contributed by atoms with E-state index in [-0.39, 0.29) is 22.4 Å². The molecule has 38 heavy (non-hydrogen) atoms. The molecule has 4 nitrogen and oxygen atoms in total. The van der Waals surface area contributed by atoms with Gasteiger partial charge < -0.3 is 15.2 Å². The number of halogens is 2. The average molecular weight is 565 g/mol. The molecule has 0 heterocycles. The fraction of sp³-hybridized carbons (Fsp3) is 0.594. The summed E-state index contributed by atoms with van der Waals surface area (Å²) in [5.74, 6) is 0.112. The number of phenols is 1. The number of nitrogens with one attached hydrogen (secondary N) is 1. The van der Waals surface area contributed by atoms with E-state index in [9.17, 15) is 9.90 Å². The number of rotatable bonds is 19. The molecule has 6 heteroatoms. The summed E-state index contributed by atoms with van der Waals surface area (Å²) in [5, 5.41) is 13.5. The maximum Gasteiger partial charge on any atom is 0.265 e. The molecule has 2 rings (SSSR count). The van der Waals surface area contributed by atoms with Crippen molar-refractivity contribution in [2.45, 2.75) is 123 Å². The van der Waals surface area contributed by atoms with E-state index in [1.807, 2.05) is 25.1 Å². The zero-order valence-corrected chi connectivity index (χ0v) is 25.1. The first kappa shape index (κ1) is 32.3. The van der Waals surface area contributed by atoms with Crippen LogP contribution in [-0.2, 0) is 11.2 Å². The monoisotopic (exact) mass is 563 g/mol. The van der Waals surface area contributed by atoms with Crippen molar-refractivity contribution in [3.8, 4) is 11.5 Å². The third-order valence-electron chi connectivity index (χ3n) is 7.09. The summed E-state index contributed by atoms with van der Waals surface area (Å²) >= 11 is 12.3. The third-order valence-corrected chi connectivity index (χ3v) is 7.94. The predicted molar refractivity (Wildman–Crippen MR) is 162 cm³/mol. The van der Waals surface area contributed by atoms with Crippen molar-refractivity contribution in [2.24, 2.45) is 0 Å². The van der Waals surface area contributed by atoms with Gasteiger partial charge in [-0.25, -0.2) is 0 Å². The van der Waals surface area contributed by atoms with E-state index in [1.54, 1.807) is 6.92 Å². The van der Waals surface area contributed by atoms with Crippen molar-refractivity contribution >= 4 is 34.8 Å². The zero-order valence-electron chi connectivity index (χ0n) is 23.6. The van der Waals surface area contributed by atoms with Crippen molar-refractivity contribution in [3.63, 3.8) is 0 Å². The first-order valence-electron chi connectivity index (χ1n) is 14.6. The molecule has 0 aliphatic heterocycles. The van der Waals surface area contributed by atoms with Crippen LogP contribution in [0, 0.1) is 6.92 Å². The van der Waals surface area contributed by atoms with E-state index in [2.05, 4.69) is 18.3 Å². The quantitative estimate of drug-likeness (QED) is 0.132. The number of hydrogen-bond donors (Lipinski definition) is 2. The summed E-state index contributed by atoms with van der Waals surface area (Å²) in [5.41, 5.74) is 1.96. The van der Waals surface area contributed by atoms with Gasteiger partial charge in [-0.2, -0.15) is 0 Å². The molecule has 0 saturated heterocycles. The Morgan fingerprint density at radius 2 is 1.47 bits per heavy atom. The van der Waals surface area contributed by atoms with E-state index in [4.69, 9.17) is 27.9 Å². The molecule has 0 aliphatic rings. The minimum atomic E-state index is -0.708. The molecule has 0 radical (unpaired) electrons. The molecule has 0 aliphatic carbocycles. The summed E-state index contributed by atoms with van der Waals surface area (Å²) in [6.07, 6.45) is 18.3. The normalized spacial score (nSPS) is 11.9. The van der Waals surface area contributed by atoms with Crippen LogP contribution in [0.1, 0.15) is 115 Å². The number of benzene rings is 2. The average Bonchev–Trinajstić information content (AvgIpc) is 2.91. The number of carbonyl (C=O) groups excluding carboxylic acids is 1. The summed E-state index contributed by atoms with van der Waals surface area (Å²) in [6.45, 7) is 5.86. The Morgan fingerprint density at radius 3 is 2.05 bits per heavy atom. The largest absolute Gasteiger partial charge is 0.504 e. The molecule has 2 N–H and O–H groups in total. The fourth-order valence-corrected chi connectivity index (χ4v) is 5.08. The number of aryl methyl sites for hydroxylation is 1. The Balaban J connectivity index is 1.70. The van der Waals surface area contributed by atoms with Gasteiger partial charge >= 0.3 is 0 Å². The molecule has 212 valence electrons. The predicted octanol–water partition coefficient (Wildman–Crippen LogP) is 10.4. The van der Waals surface area contributed by atoms with Gasteiger partial charge in [-0.1, -0.05) is 126 Å². The SMILES string of the molecule is CCCCCCCCCCCCCCCc1cccc(OC(CC)C(=O)Nc2cc(Cl)c(C)c(Cl)c2O)c1. The van der Waals surface area contributed by atoms with Crippen molar-refractivity contribution in [1.29, 1.82) is 0 Å². The Kier molecular flexibility index (Phi) is 15.6. The Hall–Kier alpha value is -1.91. The fourth-order valence-electron chi connectivity index (χ4n) is 4.62. The van der Waals surface area contributed by atoms with Gasteiger partial charge in [-0.15, -0.1) is 0 Å². The van der Waals surface area contributed by atoms with Gasteiger partial charge in [0.25, 0.3) is 5.91 Å². The van der Waals surface area contributed by atoms with Gasteiger partial charge in [0.1, 0.15) is 5.75 Å². The van der Waals surface area contributed by atoms with E-state index >= 15 is 0 Å². The second kappa shape index (κ2) is 18.4. The van der Waals surface area contributed by atoms with Crippen LogP contribution in [0.5, 0.6) is 11.5 Å². The van der Waals surface area contributed by atoms with Crippen LogP contribution in [-0.4, -0.2) is 17.1 Å².